The van der Waals surface area contributed by atoms with Gasteiger partial charge in [-0.25, -0.2) is 0 Å². The van der Waals surface area contributed by atoms with Gasteiger partial charge < -0.3 is 15.3 Å². The summed E-state index contributed by atoms with van der Waals surface area (Å²) < 4.78 is 0. The van der Waals surface area contributed by atoms with Gasteiger partial charge in [0.15, 0.2) is 0 Å². The summed E-state index contributed by atoms with van der Waals surface area (Å²) in [4.78, 5) is 25.1. The highest BCUT2D eigenvalue weighted by atomic mass is 16.3. The Kier molecular flexibility index (Phi) is 5.59. The van der Waals surface area contributed by atoms with Crippen LogP contribution in [0.4, 0.5) is 0 Å². The molecule has 0 saturated carbocycles. The number of aliphatic hydroxyl groups is 1. The SMILES string of the molecule is CC(=O)N1CCCC(C(=O)NC(C)C(C)CO)C1. The minimum atomic E-state index is -0.115. The molecule has 18 heavy (non-hydrogen) atoms. The standard InChI is InChI=1S/C13H24N2O3/c1-9(8-16)10(2)14-13(18)12-5-4-6-15(7-12)11(3)17/h9-10,12,16H,4-8H2,1-3H3,(H,14,18). The topological polar surface area (TPSA) is 69.6 Å². The monoisotopic (exact) mass is 256 g/mol. The van der Waals surface area contributed by atoms with Crippen LogP contribution >= 0.6 is 0 Å². The Morgan fingerprint density at radius 1 is 1.44 bits per heavy atom. The zero-order valence-corrected chi connectivity index (χ0v) is 11.5. The summed E-state index contributed by atoms with van der Waals surface area (Å²) >= 11 is 0. The molecule has 104 valence electrons. The van der Waals surface area contributed by atoms with E-state index in [1.807, 2.05) is 13.8 Å². The minimum absolute atomic E-state index is 0.00579. The number of aliphatic hydroxyl groups excluding tert-OH is 1. The quantitative estimate of drug-likeness (QED) is 0.764. The predicted octanol–water partition coefficient (Wildman–Crippen LogP) is 0.378. The summed E-state index contributed by atoms with van der Waals surface area (Å²) in [6.45, 7) is 6.66. The van der Waals surface area contributed by atoms with Crippen molar-refractivity contribution < 1.29 is 14.7 Å². The summed E-state index contributed by atoms with van der Waals surface area (Å²) in [5, 5.41) is 12.0. The summed E-state index contributed by atoms with van der Waals surface area (Å²) in [6, 6.07) is -0.0461. The fourth-order valence-electron chi connectivity index (χ4n) is 2.12. The van der Waals surface area contributed by atoms with Crippen LogP contribution in [0.2, 0.25) is 0 Å². The number of nitrogens with zero attached hydrogens (tertiary/aromatic N) is 1. The maximum Gasteiger partial charge on any atom is 0.225 e. The summed E-state index contributed by atoms with van der Waals surface area (Å²) in [5.41, 5.74) is 0. The first kappa shape index (κ1) is 15.0. The predicted molar refractivity (Wildman–Crippen MR) is 68.8 cm³/mol. The molecule has 1 heterocycles. The van der Waals surface area contributed by atoms with Gasteiger partial charge in [-0.05, 0) is 25.7 Å². The molecule has 0 aromatic heterocycles. The van der Waals surface area contributed by atoms with Crippen molar-refractivity contribution in [3.05, 3.63) is 0 Å². The minimum Gasteiger partial charge on any atom is -0.396 e. The van der Waals surface area contributed by atoms with E-state index >= 15 is 0 Å². The molecule has 3 atom stereocenters. The molecule has 0 aliphatic carbocycles. The average Bonchev–Trinajstić information content (AvgIpc) is 2.37. The Morgan fingerprint density at radius 3 is 2.67 bits per heavy atom. The summed E-state index contributed by atoms with van der Waals surface area (Å²) in [5.74, 6) is -0.0459. The number of amides is 2. The van der Waals surface area contributed by atoms with Gasteiger partial charge in [0.05, 0.1) is 5.92 Å². The fourth-order valence-corrected chi connectivity index (χ4v) is 2.12. The van der Waals surface area contributed by atoms with E-state index in [0.29, 0.717) is 6.54 Å². The van der Waals surface area contributed by atoms with E-state index in [0.717, 1.165) is 19.4 Å². The molecule has 5 heteroatoms. The van der Waals surface area contributed by atoms with Gasteiger partial charge in [-0.2, -0.15) is 0 Å². The number of carbonyl (C=O) groups excluding carboxylic acids is 2. The van der Waals surface area contributed by atoms with Crippen LogP contribution in [0.1, 0.15) is 33.6 Å². The molecule has 2 amide bonds. The van der Waals surface area contributed by atoms with E-state index in [9.17, 15) is 9.59 Å². The second kappa shape index (κ2) is 6.73. The maximum atomic E-state index is 12.1. The highest BCUT2D eigenvalue weighted by Gasteiger charge is 2.28. The molecule has 1 rings (SSSR count). The van der Waals surface area contributed by atoms with E-state index in [-0.39, 0.29) is 36.3 Å². The molecule has 0 aromatic carbocycles. The Morgan fingerprint density at radius 2 is 2.11 bits per heavy atom. The first-order valence-electron chi connectivity index (χ1n) is 6.62. The van der Waals surface area contributed by atoms with Gasteiger partial charge in [-0.3, -0.25) is 9.59 Å². The van der Waals surface area contributed by atoms with Gasteiger partial charge in [0.2, 0.25) is 11.8 Å². The van der Waals surface area contributed by atoms with Gasteiger partial charge >= 0.3 is 0 Å². The molecule has 1 aliphatic rings. The number of piperidine rings is 1. The zero-order valence-electron chi connectivity index (χ0n) is 11.5. The molecule has 3 unspecified atom stereocenters. The molecule has 1 fully saturated rings. The van der Waals surface area contributed by atoms with Crippen molar-refractivity contribution in [2.45, 2.75) is 39.7 Å². The first-order valence-corrected chi connectivity index (χ1v) is 6.62. The van der Waals surface area contributed by atoms with Gasteiger partial charge in [-0.1, -0.05) is 6.92 Å². The van der Waals surface area contributed by atoms with Crippen LogP contribution in [0.25, 0.3) is 0 Å². The van der Waals surface area contributed by atoms with Crippen LogP contribution in [0, 0.1) is 11.8 Å². The van der Waals surface area contributed by atoms with E-state index in [4.69, 9.17) is 5.11 Å². The molecule has 0 aromatic rings. The molecule has 1 aliphatic heterocycles. The van der Waals surface area contributed by atoms with Crippen molar-refractivity contribution in [3.8, 4) is 0 Å². The Labute approximate surface area is 109 Å². The normalized spacial score (nSPS) is 23.3. The highest BCUT2D eigenvalue weighted by Crippen LogP contribution is 2.17. The average molecular weight is 256 g/mol. The lowest BCUT2D eigenvalue weighted by atomic mass is 9.96. The molecule has 0 spiro atoms. The largest absolute Gasteiger partial charge is 0.396 e. The molecule has 5 nitrogen and oxygen atoms in total. The number of rotatable bonds is 4. The van der Waals surface area contributed by atoms with Gasteiger partial charge in [0.25, 0.3) is 0 Å². The van der Waals surface area contributed by atoms with Crippen molar-refractivity contribution in [2.24, 2.45) is 11.8 Å². The van der Waals surface area contributed by atoms with Crippen molar-refractivity contribution in [3.63, 3.8) is 0 Å². The van der Waals surface area contributed by atoms with Gasteiger partial charge in [0, 0.05) is 32.7 Å². The lowest BCUT2D eigenvalue weighted by Gasteiger charge is -2.32. The number of likely N-dealkylation sites (tertiary alicyclic amines) is 1. The van der Waals surface area contributed by atoms with Crippen molar-refractivity contribution in [1.82, 2.24) is 10.2 Å². The number of carbonyl (C=O) groups is 2. The van der Waals surface area contributed by atoms with Crippen molar-refractivity contribution in [2.75, 3.05) is 19.7 Å². The second-order valence-electron chi connectivity index (χ2n) is 5.26. The summed E-state index contributed by atoms with van der Waals surface area (Å²) in [7, 11) is 0. The third-order valence-electron chi connectivity index (χ3n) is 3.75. The van der Waals surface area contributed by atoms with Crippen LogP contribution in [-0.2, 0) is 9.59 Å². The van der Waals surface area contributed by atoms with Gasteiger partial charge in [0.1, 0.15) is 0 Å². The van der Waals surface area contributed by atoms with Gasteiger partial charge in [-0.15, -0.1) is 0 Å². The molecule has 2 N–H and O–H groups in total. The number of hydrogen-bond acceptors (Lipinski definition) is 3. The van der Waals surface area contributed by atoms with Crippen LogP contribution in [0.15, 0.2) is 0 Å². The maximum absolute atomic E-state index is 12.1. The third kappa shape index (κ3) is 3.98. The van der Waals surface area contributed by atoms with Crippen molar-refractivity contribution in [1.29, 1.82) is 0 Å². The second-order valence-corrected chi connectivity index (χ2v) is 5.26. The fraction of sp³-hybridized carbons (Fsp3) is 0.846. The molecule has 0 bridgehead atoms. The van der Waals surface area contributed by atoms with Crippen LogP contribution in [0.3, 0.4) is 0 Å². The molecular formula is C13H24N2O3. The van der Waals surface area contributed by atoms with Crippen LogP contribution < -0.4 is 5.32 Å². The van der Waals surface area contributed by atoms with E-state index < -0.39 is 0 Å². The Hall–Kier alpha value is -1.10. The Balaban J connectivity index is 2.48. The lowest BCUT2D eigenvalue weighted by Crippen LogP contribution is -2.48. The highest BCUT2D eigenvalue weighted by molar-refractivity contribution is 5.80. The van der Waals surface area contributed by atoms with E-state index in [1.54, 1.807) is 4.90 Å². The van der Waals surface area contributed by atoms with Crippen molar-refractivity contribution >= 4 is 11.8 Å². The lowest BCUT2D eigenvalue weighted by molar-refractivity contribution is -0.134. The number of nitrogens with one attached hydrogen (secondary N) is 1. The van der Waals surface area contributed by atoms with Crippen LogP contribution in [0.5, 0.6) is 0 Å². The molecule has 1 saturated heterocycles. The van der Waals surface area contributed by atoms with E-state index in [2.05, 4.69) is 5.32 Å². The van der Waals surface area contributed by atoms with E-state index in [1.165, 1.54) is 6.92 Å². The molecule has 0 radical (unpaired) electrons. The molecular weight excluding hydrogens is 232 g/mol. The smallest absolute Gasteiger partial charge is 0.225 e. The van der Waals surface area contributed by atoms with Crippen LogP contribution in [-0.4, -0.2) is 47.6 Å². The summed E-state index contributed by atoms with van der Waals surface area (Å²) in [6.07, 6.45) is 1.71. The third-order valence-corrected chi connectivity index (χ3v) is 3.75. The first-order chi connectivity index (χ1) is 8.45. The Bertz CT molecular complexity index is 307. The number of hydrogen-bond donors (Lipinski definition) is 2. The zero-order chi connectivity index (χ0) is 13.7.